The highest BCUT2D eigenvalue weighted by Gasteiger charge is 2.26. The molecule has 0 aromatic heterocycles. The van der Waals surface area contributed by atoms with Crippen molar-refractivity contribution in [1.82, 2.24) is 5.32 Å². The van der Waals surface area contributed by atoms with Crippen LogP contribution in [0.5, 0.6) is 0 Å². The molecule has 0 saturated heterocycles. The quantitative estimate of drug-likeness (QED) is 0.775. The summed E-state index contributed by atoms with van der Waals surface area (Å²) in [5.74, 6) is 1.54. The summed E-state index contributed by atoms with van der Waals surface area (Å²) in [5.41, 5.74) is 5.87. The molecular formula is C14H28N2O. The normalized spacial score (nSPS) is 30.9. The van der Waals surface area contributed by atoms with Gasteiger partial charge in [-0.05, 0) is 37.5 Å². The van der Waals surface area contributed by atoms with E-state index in [1.165, 1.54) is 6.42 Å². The van der Waals surface area contributed by atoms with Crippen LogP contribution in [0.25, 0.3) is 0 Å². The van der Waals surface area contributed by atoms with Gasteiger partial charge in [0.2, 0.25) is 5.91 Å². The topological polar surface area (TPSA) is 55.1 Å². The predicted molar refractivity (Wildman–Crippen MR) is 71.6 cm³/mol. The monoisotopic (exact) mass is 240 g/mol. The molecule has 0 spiro atoms. The lowest BCUT2D eigenvalue weighted by atomic mass is 9.79. The Labute approximate surface area is 106 Å². The number of rotatable bonds is 5. The molecule has 100 valence electrons. The van der Waals surface area contributed by atoms with Crippen LogP contribution in [-0.4, -0.2) is 18.0 Å². The molecular weight excluding hydrogens is 212 g/mol. The Bertz CT molecular complexity index is 242. The third-order valence-corrected chi connectivity index (χ3v) is 4.15. The van der Waals surface area contributed by atoms with E-state index in [0.717, 1.165) is 38.0 Å². The summed E-state index contributed by atoms with van der Waals surface area (Å²) in [5, 5.41) is 3.11. The van der Waals surface area contributed by atoms with Crippen molar-refractivity contribution in [3.8, 4) is 0 Å². The van der Waals surface area contributed by atoms with Crippen molar-refractivity contribution in [2.24, 2.45) is 17.6 Å². The van der Waals surface area contributed by atoms with E-state index >= 15 is 0 Å². The molecule has 17 heavy (non-hydrogen) atoms. The zero-order valence-electron chi connectivity index (χ0n) is 11.5. The van der Waals surface area contributed by atoms with Gasteiger partial charge in [0.25, 0.3) is 0 Å². The Morgan fingerprint density at radius 2 is 2.06 bits per heavy atom. The average molecular weight is 240 g/mol. The molecule has 3 heteroatoms. The van der Waals surface area contributed by atoms with Crippen LogP contribution in [0.15, 0.2) is 0 Å². The molecule has 1 aliphatic rings. The molecule has 1 amide bonds. The lowest BCUT2D eigenvalue weighted by molar-refractivity contribution is -0.123. The lowest BCUT2D eigenvalue weighted by Gasteiger charge is -2.33. The third-order valence-electron chi connectivity index (χ3n) is 4.15. The Hall–Kier alpha value is -0.570. The highest BCUT2D eigenvalue weighted by atomic mass is 16.2. The summed E-state index contributed by atoms with van der Waals surface area (Å²) in [7, 11) is 0. The number of unbranched alkanes of at least 4 members (excludes halogenated alkanes) is 1. The molecule has 0 aromatic carbocycles. The Balaban J connectivity index is 2.31. The minimum absolute atomic E-state index is 0.0465. The smallest absolute Gasteiger partial charge is 0.237 e. The maximum absolute atomic E-state index is 11.9. The lowest BCUT2D eigenvalue weighted by Crippen LogP contribution is -2.47. The summed E-state index contributed by atoms with van der Waals surface area (Å²) in [6, 6.07) is 0.0333. The number of hydrogen-bond donors (Lipinski definition) is 2. The zero-order chi connectivity index (χ0) is 12.8. The molecule has 1 rings (SSSR count). The molecule has 0 heterocycles. The van der Waals surface area contributed by atoms with Crippen molar-refractivity contribution in [3.05, 3.63) is 0 Å². The fourth-order valence-corrected chi connectivity index (χ4v) is 2.54. The standard InChI is InChI=1S/C14H28N2O/c1-4-5-6-13(15)14(17)16-12-8-7-10(2)11(3)9-12/h10-13H,4-9,15H2,1-3H3,(H,16,17). The molecule has 0 aromatic rings. The van der Waals surface area contributed by atoms with Gasteiger partial charge in [-0.2, -0.15) is 0 Å². The first-order valence-corrected chi connectivity index (χ1v) is 7.10. The molecule has 1 saturated carbocycles. The van der Waals surface area contributed by atoms with Gasteiger partial charge in [0.05, 0.1) is 6.04 Å². The minimum Gasteiger partial charge on any atom is -0.352 e. The Kier molecular flexibility index (Phi) is 5.96. The summed E-state index contributed by atoms with van der Waals surface area (Å²) in [6.45, 7) is 6.70. The van der Waals surface area contributed by atoms with Gasteiger partial charge in [0.15, 0.2) is 0 Å². The first-order valence-electron chi connectivity index (χ1n) is 7.10. The minimum atomic E-state index is -0.315. The fraction of sp³-hybridized carbons (Fsp3) is 0.929. The van der Waals surface area contributed by atoms with Crippen molar-refractivity contribution < 1.29 is 4.79 Å². The highest BCUT2D eigenvalue weighted by Crippen LogP contribution is 2.29. The van der Waals surface area contributed by atoms with Crippen LogP contribution in [0.4, 0.5) is 0 Å². The van der Waals surface area contributed by atoms with E-state index in [0.29, 0.717) is 12.0 Å². The van der Waals surface area contributed by atoms with Crippen molar-refractivity contribution in [2.75, 3.05) is 0 Å². The maximum Gasteiger partial charge on any atom is 0.237 e. The van der Waals surface area contributed by atoms with Crippen LogP contribution in [0, 0.1) is 11.8 Å². The molecule has 3 N–H and O–H groups in total. The van der Waals surface area contributed by atoms with E-state index in [2.05, 4.69) is 26.1 Å². The van der Waals surface area contributed by atoms with Crippen LogP contribution in [0.3, 0.4) is 0 Å². The highest BCUT2D eigenvalue weighted by molar-refractivity contribution is 5.81. The summed E-state index contributed by atoms with van der Waals surface area (Å²) >= 11 is 0. The zero-order valence-corrected chi connectivity index (χ0v) is 11.5. The van der Waals surface area contributed by atoms with E-state index in [9.17, 15) is 4.79 Å². The second-order valence-corrected chi connectivity index (χ2v) is 5.72. The summed E-state index contributed by atoms with van der Waals surface area (Å²) in [4.78, 5) is 11.9. The number of hydrogen-bond acceptors (Lipinski definition) is 2. The van der Waals surface area contributed by atoms with Gasteiger partial charge in [-0.15, -0.1) is 0 Å². The van der Waals surface area contributed by atoms with E-state index < -0.39 is 0 Å². The van der Waals surface area contributed by atoms with Crippen LogP contribution in [0.1, 0.15) is 59.3 Å². The fourth-order valence-electron chi connectivity index (χ4n) is 2.54. The van der Waals surface area contributed by atoms with E-state index in [4.69, 9.17) is 5.73 Å². The molecule has 3 nitrogen and oxygen atoms in total. The second-order valence-electron chi connectivity index (χ2n) is 5.72. The van der Waals surface area contributed by atoms with E-state index in [1.807, 2.05) is 0 Å². The summed E-state index contributed by atoms with van der Waals surface area (Å²) in [6.07, 6.45) is 6.37. The number of amides is 1. The van der Waals surface area contributed by atoms with Gasteiger partial charge in [-0.25, -0.2) is 0 Å². The van der Waals surface area contributed by atoms with Crippen LogP contribution in [0.2, 0.25) is 0 Å². The SMILES string of the molecule is CCCCC(N)C(=O)NC1CCC(C)C(C)C1. The van der Waals surface area contributed by atoms with Crippen molar-refractivity contribution in [3.63, 3.8) is 0 Å². The molecule has 1 fully saturated rings. The number of nitrogens with two attached hydrogens (primary N) is 1. The maximum atomic E-state index is 11.9. The van der Waals surface area contributed by atoms with Gasteiger partial charge in [-0.3, -0.25) is 4.79 Å². The molecule has 0 radical (unpaired) electrons. The van der Waals surface area contributed by atoms with Crippen LogP contribution >= 0.6 is 0 Å². The van der Waals surface area contributed by atoms with Crippen LogP contribution in [-0.2, 0) is 4.79 Å². The van der Waals surface area contributed by atoms with Gasteiger partial charge >= 0.3 is 0 Å². The summed E-state index contributed by atoms with van der Waals surface area (Å²) < 4.78 is 0. The molecule has 0 bridgehead atoms. The molecule has 4 unspecified atom stereocenters. The van der Waals surface area contributed by atoms with E-state index in [1.54, 1.807) is 0 Å². The Morgan fingerprint density at radius 1 is 1.35 bits per heavy atom. The van der Waals surface area contributed by atoms with Crippen molar-refractivity contribution in [1.29, 1.82) is 0 Å². The molecule has 0 aliphatic heterocycles. The van der Waals surface area contributed by atoms with E-state index in [-0.39, 0.29) is 11.9 Å². The van der Waals surface area contributed by atoms with Gasteiger partial charge in [0, 0.05) is 6.04 Å². The van der Waals surface area contributed by atoms with Gasteiger partial charge < -0.3 is 11.1 Å². The number of carbonyl (C=O) groups is 1. The van der Waals surface area contributed by atoms with Gasteiger partial charge in [-0.1, -0.05) is 33.6 Å². The Morgan fingerprint density at radius 3 is 2.65 bits per heavy atom. The first-order chi connectivity index (χ1) is 8.04. The predicted octanol–water partition coefficient (Wildman–Crippen LogP) is 2.44. The molecule has 1 aliphatic carbocycles. The first kappa shape index (κ1) is 14.5. The largest absolute Gasteiger partial charge is 0.352 e. The second kappa shape index (κ2) is 7.00. The van der Waals surface area contributed by atoms with Crippen molar-refractivity contribution in [2.45, 2.75) is 71.4 Å². The average Bonchev–Trinajstić information content (AvgIpc) is 2.30. The molecule has 4 atom stereocenters. The number of nitrogens with one attached hydrogen (secondary N) is 1. The van der Waals surface area contributed by atoms with Gasteiger partial charge in [0.1, 0.15) is 0 Å². The number of carbonyl (C=O) groups excluding carboxylic acids is 1. The third kappa shape index (κ3) is 4.66. The van der Waals surface area contributed by atoms with Crippen LogP contribution < -0.4 is 11.1 Å². The van der Waals surface area contributed by atoms with Crippen molar-refractivity contribution >= 4 is 5.91 Å².